The van der Waals surface area contributed by atoms with Gasteiger partial charge < -0.3 is 5.32 Å². The summed E-state index contributed by atoms with van der Waals surface area (Å²) >= 11 is 5.74. The highest BCUT2D eigenvalue weighted by atomic mass is 35.5. The molecular weight excluding hydrogens is 222 g/mol. The molecule has 1 rings (SSSR count). The van der Waals surface area contributed by atoms with E-state index in [2.05, 4.69) is 5.32 Å². The summed E-state index contributed by atoms with van der Waals surface area (Å²) in [6.07, 6.45) is 3.42. The molecule has 16 heavy (non-hydrogen) atoms. The van der Waals surface area contributed by atoms with Crippen LogP contribution in [-0.4, -0.2) is 5.91 Å². The summed E-state index contributed by atoms with van der Waals surface area (Å²) in [5.41, 5.74) is 0.755. The lowest BCUT2D eigenvalue weighted by Gasteiger charge is -2.10. The Balaban J connectivity index is 2.59. The van der Waals surface area contributed by atoms with E-state index in [1.54, 1.807) is 30.3 Å². The van der Waals surface area contributed by atoms with Crippen LogP contribution in [0.25, 0.3) is 0 Å². The molecule has 0 radical (unpaired) electrons. The van der Waals surface area contributed by atoms with Gasteiger partial charge in [0, 0.05) is 10.7 Å². The summed E-state index contributed by atoms with van der Waals surface area (Å²) in [6, 6.07) is 7.02. The van der Waals surface area contributed by atoms with Crippen molar-refractivity contribution in [3.8, 4) is 0 Å². The zero-order valence-corrected chi connectivity index (χ0v) is 10.5. The Hall–Kier alpha value is -1.28. The van der Waals surface area contributed by atoms with Gasteiger partial charge in [0.05, 0.1) is 0 Å². The van der Waals surface area contributed by atoms with Crippen LogP contribution in [0.2, 0.25) is 5.02 Å². The molecule has 0 unspecified atom stereocenters. The lowest BCUT2D eigenvalue weighted by molar-refractivity contribution is -0.112. The van der Waals surface area contributed by atoms with Crippen LogP contribution in [-0.2, 0) is 4.79 Å². The van der Waals surface area contributed by atoms with Gasteiger partial charge in [-0.05, 0) is 35.8 Å². The van der Waals surface area contributed by atoms with E-state index < -0.39 is 0 Å². The van der Waals surface area contributed by atoms with Crippen molar-refractivity contribution in [1.82, 2.24) is 0 Å². The summed E-state index contributed by atoms with van der Waals surface area (Å²) in [5, 5.41) is 3.41. The molecule has 0 spiro atoms. The van der Waals surface area contributed by atoms with E-state index in [0.29, 0.717) is 5.02 Å². The SMILES string of the molecule is CC(C)(C)/C=C/C(=O)Nc1ccc(Cl)cc1. The van der Waals surface area contributed by atoms with Crippen LogP contribution in [0.1, 0.15) is 20.8 Å². The third-order valence-corrected chi connectivity index (χ3v) is 2.10. The lowest BCUT2D eigenvalue weighted by atomic mass is 9.96. The monoisotopic (exact) mass is 237 g/mol. The number of benzene rings is 1. The van der Waals surface area contributed by atoms with Crippen LogP contribution in [0.4, 0.5) is 5.69 Å². The van der Waals surface area contributed by atoms with Gasteiger partial charge in [-0.3, -0.25) is 4.79 Å². The second-order valence-electron chi connectivity index (χ2n) is 4.70. The number of allylic oxidation sites excluding steroid dienone is 1. The summed E-state index contributed by atoms with van der Waals surface area (Å²) in [7, 11) is 0. The smallest absolute Gasteiger partial charge is 0.248 e. The minimum atomic E-state index is -0.128. The molecule has 1 aromatic rings. The molecule has 0 aliphatic heterocycles. The summed E-state index contributed by atoms with van der Waals surface area (Å²) in [4.78, 5) is 11.5. The first-order valence-corrected chi connectivity index (χ1v) is 5.50. The number of nitrogens with one attached hydrogen (secondary N) is 1. The van der Waals surface area contributed by atoms with Gasteiger partial charge >= 0.3 is 0 Å². The molecule has 0 aliphatic carbocycles. The van der Waals surface area contributed by atoms with Crippen molar-refractivity contribution in [2.24, 2.45) is 5.41 Å². The summed E-state index contributed by atoms with van der Waals surface area (Å²) in [6.45, 7) is 6.12. The molecule has 2 nitrogen and oxygen atoms in total. The highest BCUT2D eigenvalue weighted by Gasteiger charge is 2.05. The van der Waals surface area contributed by atoms with Crippen LogP contribution in [0, 0.1) is 5.41 Å². The highest BCUT2D eigenvalue weighted by Crippen LogP contribution is 2.15. The summed E-state index contributed by atoms with van der Waals surface area (Å²) in [5.74, 6) is -0.128. The average molecular weight is 238 g/mol. The highest BCUT2D eigenvalue weighted by molar-refractivity contribution is 6.30. The number of rotatable bonds is 2. The van der Waals surface area contributed by atoms with Gasteiger partial charge in [-0.2, -0.15) is 0 Å². The molecule has 0 bridgehead atoms. The Kier molecular flexibility index (Phi) is 4.13. The molecule has 0 atom stereocenters. The first-order valence-electron chi connectivity index (χ1n) is 5.13. The van der Waals surface area contributed by atoms with Crippen LogP contribution >= 0.6 is 11.6 Å². The third kappa shape index (κ3) is 4.99. The Labute approximate surface area is 101 Å². The average Bonchev–Trinajstić information content (AvgIpc) is 2.18. The zero-order valence-electron chi connectivity index (χ0n) is 9.75. The van der Waals surface area contributed by atoms with Gasteiger partial charge in [-0.15, -0.1) is 0 Å². The zero-order chi connectivity index (χ0) is 12.2. The van der Waals surface area contributed by atoms with E-state index in [9.17, 15) is 4.79 Å². The molecule has 0 fully saturated rings. The maximum absolute atomic E-state index is 11.5. The lowest BCUT2D eigenvalue weighted by Crippen LogP contribution is -2.09. The first kappa shape index (κ1) is 12.8. The van der Waals surface area contributed by atoms with E-state index in [-0.39, 0.29) is 11.3 Å². The number of carbonyl (C=O) groups excluding carboxylic acids is 1. The number of carbonyl (C=O) groups is 1. The van der Waals surface area contributed by atoms with Gasteiger partial charge in [0.15, 0.2) is 0 Å². The normalized spacial score (nSPS) is 11.8. The molecular formula is C13H16ClNO. The van der Waals surface area contributed by atoms with Crippen molar-refractivity contribution in [2.45, 2.75) is 20.8 Å². The third-order valence-electron chi connectivity index (χ3n) is 1.85. The van der Waals surface area contributed by atoms with Crippen molar-refractivity contribution >= 4 is 23.2 Å². The minimum Gasteiger partial charge on any atom is -0.323 e. The Morgan fingerprint density at radius 2 is 1.81 bits per heavy atom. The molecule has 0 saturated carbocycles. The van der Waals surface area contributed by atoms with Crippen LogP contribution in [0.5, 0.6) is 0 Å². The van der Waals surface area contributed by atoms with Crippen molar-refractivity contribution in [3.05, 3.63) is 41.4 Å². The number of anilines is 1. The maximum atomic E-state index is 11.5. The number of hydrogen-bond acceptors (Lipinski definition) is 1. The van der Waals surface area contributed by atoms with E-state index in [4.69, 9.17) is 11.6 Å². The fourth-order valence-corrected chi connectivity index (χ4v) is 1.17. The predicted octanol–water partition coefficient (Wildman–Crippen LogP) is 3.88. The van der Waals surface area contributed by atoms with Gasteiger partial charge in [0.25, 0.3) is 0 Å². The Morgan fingerprint density at radius 3 is 2.31 bits per heavy atom. The van der Waals surface area contributed by atoms with E-state index in [1.165, 1.54) is 0 Å². The molecule has 0 heterocycles. The summed E-state index contributed by atoms with van der Waals surface area (Å²) < 4.78 is 0. The largest absolute Gasteiger partial charge is 0.323 e. The van der Waals surface area contributed by atoms with E-state index >= 15 is 0 Å². The number of amides is 1. The van der Waals surface area contributed by atoms with Gasteiger partial charge in [0.1, 0.15) is 0 Å². The number of hydrogen-bond donors (Lipinski definition) is 1. The molecule has 0 aromatic heterocycles. The molecule has 1 N–H and O–H groups in total. The molecule has 86 valence electrons. The quantitative estimate of drug-likeness (QED) is 0.777. The standard InChI is InChI=1S/C13H16ClNO/c1-13(2,3)9-8-12(16)15-11-6-4-10(14)5-7-11/h4-9H,1-3H3,(H,15,16)/b9-8+. The van der Waals surface area contributed by atoms with E-state index in [0.717, 1.165) is 5.69 Å². The second-order valence-corrected chi connectivity index (χ2v) is 5.13. The Bertz CT molecular complexity index is 387. The molecule has 0 saturated heterocycles. The minimum absolute atomic E-state index is 0.0112. The topological polar surface area (TPSA) is 29.1 Å². The second kappa shape index (κ2) is 5.17. The molecule has 3 heteroatoms. The first-order chi connectivity index (χ1) is 7.37. The van der Waals surface area contributed by atoms with Gasteiger partial charge in [0.2, 0.25) is 5.91 Å². The molecule has 1 aromatic carbocycles. The van der Waals surface area contributed by atoms with Crippen molar-refractivity contribution in [1.29, 1.82) is 0 Å². The molecule has 1 amide bonds. The van der Waals surface area contributed by atoms with Gasteiger partial charge in [-0.25, -0.2) is 0 Å². The maximum Gasteiger partial charge on any atom is 0.248 e. The Morgan fingerprint density at radius 1 is 1.25 bits per heavy atom. The van der Waals surface area contributed by atoms with Crippen LogP contribution in [0.3, 0.4) is 0 Å². The van der Waals surface area contributed by atoms with Crippen molar-refractivity contribution in [2.75, 3.05) is 5.32 Å². The fourth-order valence-electron chi connectivity index (χ4n) is 1.04. The predicted molar refractivity (Wildman–Crippen MR) is 68.7 cm³/mol. The van der Waals surface area contributed by atoms with Gasteiger partial charge in [-0.1, -0.05) is 38.4 Å². The van der Waals surface area contributed by atoms with E-state index in [1.807, 2.05) is 26.8 Å². The van der Waals surface area contributed by atoms with Crippen molar-refractivity contribution < 1.29 is 4.79 Å². The molecule has 0 aliphatic rings. The number of halogens is 1. The van der Waals surface area contributed by atoms with Crippen molar-refractivity contribution in [3.63, 3.8) is 0 Å². The fraction of sp³-hybridized carbons (Fsp3) is 0.308. The van der Waals surface area contributed by atoms with Crippen LogP contribution < -0.4 is 5.32 Å². The van der Waals surface area contributed by atoms with Crippen LogP contribution in [0.15, 0.2) is 36.4 Å².